The maximum Gasteiger partial charge on any atom is 0.257 e. The maximum atomic E-state index is 12.6. The summed E-state index contributed by atoms with van der Waals surface area (Å²) in [5.74, 6) is 0.961. The third kappa shape index (κ3) is 4.99. The van der Waals surface area contributed by atoms with Gasteiger partial charge < -0.3 is 14.5 Å². The van der Waals surface area contributed by atoms with Crippen molar-refractivity contribution in [2.45, 2.75) is 51.5 Å². The van der Waals surface area contributed by atoms with E-state index < -0.39 is 0 Å². The number of rotatable bonds is 7. The molecule has 2 aliphatic heterocycles. The van der Waals surface area contributed by atoms with Crippen LogP contribution in [0.25, 0.3) is 5.69 Å². The molecule has 2 fully saturated rings. The van der Waals surface area contributed by atoms with Crippen molar-refractivity contribution < 1.29 is 9.53 Å². The van der Waals surface area contributed by atoms with Gasteiger partial charge in [-0.2, -0.15) is 5.10 Å². The van der Waals surface area contributed by atoms with Crippen molar-refractivity contribution in [3.63, 3.8) is 0 Å². The van der Waals surface area contributed by atoms with Gasteiger partial charge in [0, 0.05) is 31.9 Å². The second-order valence-electron chi connectivity index (χ2n) is 8.25. The molecule has 1 aromatic carbocycles. The second-order valence-corrected chi connectivity index (χ2v) is 8.25. The maximum absolute atomic E-state index is 12.6. The van der Waals surface area contributed by atoms with Gasteiger partial charge in [0.05, 0.1) is 24.1 Å². The highest BCUT2D eigenvalue weighted by Crippen LogP contribution is 2.19. The van der Waals surface area contributed by atoms with Crippen LogP contribution in [0.2, 0.25) is 0 Å². The van der Waals surface area contributed by atoms with Gasteiger partial charge in [-0.15, -0.1) is 0 Å². The molecule has 2 saturated heterocycles. The molecule has 29 heavy (non-hydrogen) atoms. The number of nitrogens with zero attached hydrogens (tertiary/aromatic N) is 4. The summed E-state index contributed by atoms with van der Waals surface area (Å²) in [6, 6.07) is 8.64. The predicted octanol–water partition coefficient (Wildman–Crippen LogP) is 3.75. The van der Waals surface area contributed by atoms with Crippen LogP contribution in [-0.2, 0) is 0 Å². The Hall–Kier alpha value is -2.34. The monoisotopic (exact) mass is 396 g/mol. The van der Waals surface area contributed by atoms with Gasteiger partial charge in [0.1, 0.15) is 5.75 Å². The quantitative estimate of drug-likeness (QED) is 0.669. The Kier molecular flexibility index (Phi) is 6.49. The van der Waals surface area contributed by atoms with E-state index in [1.807, 2.05) is 35.4 Å². The molecule has 0 saturated carbocycles. The number of ether oxygens (including phenoxy) is 1. The molecule has 0 unspecified atom stereocenters. The van der Waals surface area contributed by atoms with E-state index in [-0.39, 0.29) is 5.91 Å². The minimum atomic E-state index is 0.0863. The van der Waals surface area contributed by atoms with E-state index in [0.717, 1.165) is 63.0 Å². The number of aromatic nitrogens is 2. The molecule has 0 bridgehead atoms. The summed E-state index contributed by atoms with van der Waals surface area (Å²) < 4.78 is 7.66. The zero-order valence-corrected chi connectivity index (χ0v) is 17.4. The summed E-state index contributed by atoms with van der Waals surface area (Å²) in [4.78, 5) is 17.1. The Morgan fingerprint density at radius 2 is 1.90 bits per heavy atom. The van der Waals surface area contributed by atoms with Crippen LogP contribution in [0, 0.1) is 0 Å². The number of amides is 1. The van der Waals surface area contributed by atoms with Gasteiger partial charge in [0.2, 0.25) is 0 Å². The van der Waals surface area contributed by atoms with Crippen molar-refractivity contribution in [2.75, 3.05) is 32.8 Å². The topological polar surface area (TPSA) is 50.6 Å². The van der Waals surface area contributed by atoms with Crippen molar-refractivity contribution >= 4 is 5.91 Å². The lowest BCUT2D eigenvalue weighted by Gasteiger charge is -2.26. The normalized spacial score (nSPS) is 20.2. The fourth-order valence-corrected chi connectivity index (χ4v) is 4.33. The number of benzene rings is 1. The standard InChI is InChI=1S/C23H32N4O2/c1-19-7-5-14-25(19)15-6-16-29-22-10-8-21(9-11-22)27-18-20(17-24-27)23(28)26-12-3-2-4-13-26/h8-11,17-19H,2-7,12-16H2,1H3/t19-/m1/s1. The lowest BCUT2D eigenvalue weighted by Crippen LogP contribution is -2.35. The lowest BCUT2D eigenvalue weighted by molar-refractivity contribution is 0.0724. The largest absolute Gasteiger partial charge is 0.494 e. The van der Waals surface area contributed by atoms with Crippen LogP contribution < -0.4 is 4.74 Å². The summed E-state index contributed by atoms with van der Waals surface area (Å²) >= 11 is 0. The first-order valence-electron chi connectivity index (χ1n) is 11.0. The smallest absolute Gasteiger partial charge is 0.257 e. The molecule has 1 amide bonds. The number of likely N-dealkylation sites (tertiary alicyclic amines) is 2. The zero-order chi connectivity index (χ0) is 20.1. The van der Waals surface area contributed by atoms with Crippen LogP contribution >= 0.6 is 0 Å². The van der Waals surface area contributed by atoms with Crippen molar-refractivity contribution in [2.24, 2.45) is 0 Å². The molecule has 0 N–H and O–H groups in total. The summed E-state index contributed by atoms with van der Waals surface area (Å²) in [6.07, 6.45) is 10.6. The molecule has 2 aliphatic rings. The average molecular weight is 397 g/mol. The van der Waals surface area contributed by atoms with Crippen LogP contribution in [0.15, 0.2) is 36.7 Å². The number of carbonyl (C=O) groups excluding carboxylic acids is 1. The molecule has 0 spiro atoms. The molecule has 6 nitrogen and oxygen atoms in total. The van der Waals surface area contributed by atoms with Gasteiger partial charge in [-0.05, 0) is 76.3 Å². The SMILES string of the molecule is C[C@@H]1CCCN1CCCOc1ccc(-n2cc(C(=O)N3CCCCC3)cn2)cc1. The summed E-state index contributed by atoms with van der Waals surface area (Å²) in [6.45, 7) is 7.09. The molecule has 4 rings (SSSR count). The minimum absolute atomic E-state index is 0.0863. The molecular weight excluding hydrogens is 364 g/mol. The molecule has 0 radical (unpaired) electrons. The molecular formula is C23H32N4O2. The molecule has 0 aliphatic carbocycles. The highest BCUT2D eigenvalue weighted by Gasteiger charge is 2.20. The first-order chi connectivity index (χ1) is 14.2. The number of hydrogen-bond donors (Lipinski definition) is 0. The zero-order valence-electron chi connectivity index (χ0n) is 17.4. The average Bonchev–Trinajstić information content (AvgIpc) is 3.41. The van der Waals surface area contributed by atoms with Crippen molar-refractivity contribution in [1.29, 1.82) is 0 Å². The van der Waals surface area contributed by atoms with Gasteiger partial charge in [-0.1, -0.05) is 0 Å². The van der Waals surface area contributed by atoms with E-state index >= 15 is 0 Å². The Morgan fingerprint density at radius 3 is 2.62 bits per heavy atom. The predicted molar refractivity (Wildman–Crippen MR) is 114 cm³/mol. The van der Waals surface area contributed by atoms with Crippen LogP contribution in [0.4, 0.5) is 0 Å². The fourth-order valence-electron chi connectivity index (χ4n) is 4.33. The van der Waals surface area contributed by atoms with Crippen LogP contribution in [-0.4, -0.2) is 64.3 Å². The molecule has 1 aromatic heterocycles. The minimum Gasteiger partial charge on any atom is -0.494 e. The van der Waals surface area contributed by atoms with Gasteiger partial charge >= 0.3 is 0 Å². The Labute approximate surface area is 173 Å². The van der Waals surface area contributed by atoms with Gasteiger partial charge in [-0.3, -0.25) is 4.79 Å². The number of hydrogen-bond acceptors (Lipinski definition) is 4. The summed E-state index contributed by atoms with van der Waals surface area (Å²) in [7, 11) is 0. The van der Waals surface area contributed by atoms with E-state index in [0.29, 0.717) is 5.56 Å². The second kappa shape index (κ2) is 9.44. The molecule has 1 atom stereocenters. The highest BCUT2D eigenvalue weighted by molar-refractivity contribution is 5.93. The fraction of sp³-hybridized carbons (Fsp3) is 0.565. The third-order valence-corrected chi connectivity index (χ3v) is 6.12. The van der Waals surface area contributed by atoms with E-state index in [1.165, 1.54) is 25.8 Å². The summed E-state index contributed by atoms with van der Waals surface area (Å²) in [5.41, 5.74) is 1.59. The Balaban J connectivity index is 1.27. The van der Waals surface area contributed by atoms with E-state index in [9.17, 15) is 4.79 Å². The highest BCUT2D eigenvalue weighted by atomic mass is 16.5. The van der Waals surface area contributed by atoms with E-state index in [2.05, 4.69) is 16.9 Å². The third-order valence-electron chi connectivity index (χ3n) is 6.12. The van der Waals surface area contributed by atoms with Crippen molar-refractivity contribution in [1.82, 2.24) is 19.6 Å². The Bertz CT molecular complexity index is 795. The van der Waals surface area contributed by atoms with Gasteiger partial charge in [0.15, 0.2) is 0 Å². The van der Waals surface area contributed by atoms with Crippen molar-refractivity contribution in [3.05, 3.63) is 42.2 Å². The Morgan fingerprint density at radius 1 is 1.10 bits per heavy atom. The number of carbonyl (C=O) groups is 1. The summed E-state index contributed by atoms with van der Waals surface area (Å²) in [5, 5.41) is 4.38. The molecule has 3 heterocycles. The van der Waals surface area contributed by atoms with Crippen LogP contribution in [0.5, 0.6) is 5.75 Å². The number of piperidine rings is 1. The first kappa shape index (κ1) is 20.0. The van der Waals surface area contributed by atoms with Crippen molar-refractivity contribution in [3.8, 4) is 11.4 Å². The molecule has 2 aromatic rings. The lowest BCUT2D eigenvalue weighted by atomic mass is 10.1. The van der Waals surface area contributed by atoms with Crippen LogP contribution in [0.3, 0.4) is 0 Å². The van der Waals surface area contributed by atoms with Gasteiger partial charge in [0.25, 0.3) is 5.91 Å². The van der Waals surface area contributed by atoms with E-state index in [4.69, 9.17) is 4.74 Å². The van der Waals surface area contributed by atoms with Crippen LogP contribution in [0.1, 0.15) is 55.8 Å². The molecule has 6 heteroatoms. The van der Waals surface area contributed by atoms with E-state index in [1.54, 1.807) is 10.9 Å². The van der Waals surface area contributed by atoms with Gasteiger partial charge in [-0.25, -0.2) is 4.68 Å². The molecule has 156 valence electrons. The first-order valence-corrected chi connectivity index (χ1v) is 11.0.